The number of urea groups is 1. The summed E-state index contributed by atoms with van der Waals surface area (Å²) in [6, 6.07) is 14.8. The van der Waals surface area contributed by atoms with E-state index in [9.17, 15) is 9.59 Å². The second-order valence-electron chi connectivity index (χ2n) is 5.06. The molecule has 0 aromatic heterocycles. The monoisotopic (exact) mass is 344 g/mol. The third kappa shape index (κ3) is 5.31. The molecule has 2 aromatic carbocycles. The molecular formula is C18H20N2O3S. The lowest BCUT2D eigenvalue weighted by Gasteiger charge is -2.11. The van der Waals surface area contributed by atoms with E-state index in [0.29, 0.717) is 17.8 Å². The van der Waals surface area contributed by atoms with Crippen molar-refractivity contribution in [2.24, 2.45) is 0 Å². The lowest BCUT2D eigenvalue weighted by Crippen LogP contribution is -2.30. The standard InChI is InChI=1S/C18H20N2O3S/c1-13-12-14(17(21)23-2)8-9-16(13)20-18(22)19-10-11-24-15-6-4-3-5-7-15/h3-9,12H,10-11H2,1-2H3,(H2,19,20,22). The summed E-state index contributed by atoms with van der Waals surface area (Å²) in [6.07, 6.45) is 0. The third-order valence-electron chi connectivity index (χ3n) is 3.30. The fourth-order valence-corrected chi connectivity index (χ4v) is 2.85. The maximum absolute atomic E-state index is 11.9. The van der Waals surface area contributed by atoms with Crippen molar-refractivity contribution in [3.8, 4) is 0 Å². The van der Waals surface area contributed by atoms with E-state index in [4.69, 9.17) is 0 Å². The number of aryl methyl sites for hydroxylation is 1. The molecule has 0 aliphatic heterocycles. The zero-order valence-electron chi connectivity index (χ0n) is 13.7. The van der Waals surface area contributed by atoms with Gasteiger partial charge in [0.15, 0.2) is 0 Å². The molecule has 0 atom stereocenters. The lowest BCUT2D eigenvalue weighted by atomic mass is 10.1. The van der Waals surface area contributed by atoms with Crippen LogP contribution in [0.25, 0.3) is 0 Å². The normalized spacial score (nSPS) is 10.1. The van der Waals surface area contributed by atoms with E-state index in [0.717, 1.165) is 11.3 Å². The topological polar surface area (TPSA) is 67.4 Å². The Balaban J connectivity index is 1.79. The number of ether oxygens (including phenoxy) is 1. The first-order valence-electron chi connectivity index (χ1n) is 7.52. The third-order valence-corrected chi connectivity index (χ3v) is 4.31. The Morgan fingerprint density at radius 1 is 1.12 bits per heavy atom. The zero-order chi connectivity index (χ0) is 17.4. The van der Waals surface area contributed by atoms with Crippen LogP contribution in [0.1, 0.15) is 15.9 Å². The highest BCUT2D eigenvalue weighted by molar-refractivity contribution is 7.99. The quantitative estimate of drug-likeness (QED) is 0.476. The molecule has 0 unspecified atom stereocenters. The molecule has 0 fully saturated rings. The van der Waals surface area contributed by atoms with E-state index in [1.807, 2.05) is 37.3 Å². The fraction of sp³-hybridized carbons (Fsp3) is 0.222. The minimum absolute atomic E-state index is 0.266. The van der Waals surface area contributed by atoms with Gasteiger partial charge in [0, 0.05) is 22.9 Å². The number of carbonyl (C=O) groups excluding carboxylic acids is 2. The second kappa shape index (κ2) is 8.98. The fourth-order valence-electron chi connectivity index (χ4n) is 2.07. The Kier molecular flexibility index (Phi) is 6.69. The van der Waals surface area contributed by atoms with Crippen LogP contribution in [0, 0.1) is 6.92 Å². The highest BCUT2D eigenvalue weighted by Gasteiger charge is 2.09. The Bertz CT molecular complexity index is 705. The summed E-state index contributed by atoms with van der Waals surface area (Å²) in [7, 11) is 1.34. The average Bonchev–Trinajstić information content (AvgIpc) is 2.60. The van der Waals surface area contributed by atoms with Crippen molar-refractivity contribution in [3.63, 3.8) is 0 Å². The molecule has 24 heavy (non-hydrogen) atoms. The molecule has 0 spiro atoms. The number of anilines is 1. The molecule has 2 amide bonds. The summed E-state index contributed by atoms with van der Waals surface area (Å²) >= 11 is 1.69. The van der Waals surface area contributed by atoms with E-state index < -0.39 is 5.97 Å². The summed E-state index contributed by atoms with van der Waals surface area (Å²) in [6.45, 7) is 2.39. The number of carbonyl (C=O) groups is 2. The van der Waals surface area contributed by atoms with Crippen LogP contribution >= 0.6 is 11.8 Å². The van der Waals surface area contributed by atoms with Gasteiger partial charge in [-0.15, -0.1) is 11.8 Å². The van der Waals surface area contributed by atoms with Crippen LogP contribution in [0.2, 0.25) is 0 Å². The van der Waals surface area contributed by atoms with Crippen molar-refractivity contribution < 1.29 is 14.3 Å². The van der Waals surface area contributed by atoms with Crippen molar-refractivity contribution in [1.82, 2.24) is 5.32 Å². The highest BCUT2D eigenvalue weighted by atomic mass is 32.2. The molecule has 126 valence electrons. The van der Waals surface area contributed by atoms with Gasteiger partial charge in [-0.25, -0.2) is 9.59 Å². The van der Waals surface area contributed by atoms with Crippen molar-refractivity contribution >= 4 is 29.4 Å². The van der Waals surface area contributed by atoms with Crippen LogP contribution in [-0.2, 0) is 4.74 Å². The average molecular weight is 344 g/mol. The summed E-state index contributed by atoms with van der Waals surface area (Å²) in [5.41, 5.74) is 1.92. The van der Waals surface area contributed by atoms with Gasteiger partial charge in [-0.05, 0) is 42.8 Å². The summed E-state index contributed by atoms with van der Waals surface area (Å²) in [4.78, 5) is 24.6. The molecule has 2 aromatic rings. The van der Waals surface area contributed by atoms with Crippen LogP contribution in [0.4, 0.5) is 10.5 Å². The number of amides is 2. The van der Waals surface area contributed by atoms with Crippen LogP contribution in [-0.4, -0.2) is 31.4 Å². The highest BCUT2D eigenvalue weighted by Crippen LogP contribution is 2.17. The number of rotatable bonds is 6. The number of methoxy groups -OCH3 is 1. The molecule has 0 radical (unpaired) electrons. The number of esters is 1. The van der Waals surface area contributed by atoms with Gasteiger partial charge >= 0.3 is 12.0 Å². The van der Waals surface area contributed by atoms with E-state index in [1.54, 1.807) is 30.0 Å². The molecule has 6 heteroatoms. The van der Waals surface area contributed by atoms with Crippen molar-refractivity contribution in [1.29, 1.82) is 0 Å². The van der Waals surface area contributed by atoms with Gasteiger partial charge in [-0.1, -0.05) is 18.2 Å². The first kappa shape index (κ1) is 17.9. The number of hydrogen-bond donors (Lipinski definition) is 2. The van der Waals surface area contributed by atoms with Gasteiger partial charge in [-0.3, -0.25) is 0 Å². The molecule has 0 bridgehead atoms. The number of benzene rings is 2. The Labute approximate surface area is 145 Å². The van der Waals surface area contributed by atoms with Crippen LogP contribution in [0.5, 0.6) is 0 Å². The minimum Gasteiger partial charge on any atom is -0.465 e. The van der Waals surface area contributed by atoms with Crippen molar-refractivity contribution in [3.05, 3.63) is 59.7 Å². The Hall–Kier alpha value is -2.47. The lowest BCUT2D eigenvalue weighted by molar-refractivity contribution is 0.0600. The molecular weight excluding hydrogens is 324 g/mol. The molecule has 5 nitrogen and oxygen atoms in total. The van der Waals surface area contributed by atoms with Gasteiger partial charge in [0.25, 0.3) is 0 Å². The second-order valence-corrected chi connectivity index (χ2v) is 6.23. The smallest absolute Gasteiger partial charge is 0.337 e. The first-order valence-corrected chi connectivity index (χ1v) is 8.50. The Morgan fingerprint density at radius 3 is 2.54 bits per heavy atom. The van der Waals surface area contributed by atoms with Gasteiger partial charge in [-0.2, -0.15) is 0 Å². The van der Waals surface area contributed by atoms with Crippen molar-refractivity contribution in [2.75, 3.05) is 24.7 Å². The predicted molar refractivity (Wildman–Crippen MR) is 96.7 cm³/mol. The van der Waals surface area contributed by atoms with E-state index in [-0.39, 0.29) is 6.03 Å². The minimum atomic E-state index is -0.396. The number of nitrogens with one attached hydrogen (secondary N) is 2. The van der Waals surface area contributed by atoms with Gasteiger partial charge in [0.2, 0.25) is 0 Å². The number of hydrogen-bond acceptors (Lipinski definition) is 4. The van der Waals surface area contributed by atoms with E-state index in [1.165, 1.54) is 12.0 Å². The Morgan fingerprint density at radius 2 is 1.88 bits per heavy atom. The molecule has 0 saturated heterocycles. The largest absolute Gasteiger partial charge is 0.465 e. The summed E-state index contributed by atoms with van der Waals surface area (Å²) in [5, 5.41) is 5.60. The SMILES string of the molecule is COC(=O)c1ccc(NC(=O)NCCSc2ccccc2)c(C)c1. The van der Waals surface area contributed by atoms with Crippen LogP contribution < -0.4 is 10.6 Å². The predicted octanol–water partition coefficient (Wildman–Crippen LogP) is 3.70. The van der Waals surface area contributed by atoms with Gasteiger partial charge in [0.1, 0.15) is 0 Å². The summed E-state index contributed by atoms with van der Waals surface area (Å²) in [5.74, 6) is 0.393. The zero-order valence-corrected chi connectivity index (χ0v) is 14.5. The van der Waals surface area contributed by atoms with E-state index >= 15 is 0 Å². The molecule has 0 aliphatic carbocycles. The molecule has 2 rings (SSSR count). The molecule has 2 N–H and O–H groups in total. The molecule has 0 heterocycles. The molecule has 0 aliphatic rings. The summed E-state index contributed by atoms with van der Waals surface area (Å²) < 4.78 is 4.67. The molecule has 0 saturated carbocycles. The van der Waals surface area contributed by atoms with Crippen LogP contribution in [0.15, 0.2) is 53.4 Å². The van der Waals surface area contributed by atoms with Gasteiger partial charge in [0.05, 0.1) is 12.7 Å². The maximum Gasteiger partial charge on any atom is 0.337 e. The first-order chi connectivity index (χ1) is 11.6. The number of thioether (sulfide) groups is 1. The van der Waals surface area contributed by atoms with Gasteiger partial charge < -0.3 is 15.4 Å². The van der Waals surface area contributed by atoms with Crippen molar-refractivity contribution in [2.45, 2.75) is 11.8 Å². The van der Waals surface area contributed by atoms with E-state index in [2.05, 4.69) is 15.4 Å². The van der Waals surface area contributed by atoms with Crippen LogP contribution in [0.3, 0.4) is 0 Å². The maximum atomic E-state index is 11.9.